The highest BCUT2D eigenvalue weighted by molar-refractivity contribution is 5.67. The smallest absolute Gasteiger partial charge is 0.410 e. The molecule has 1 heterocycles. The summed E-state index contributed by atoms with van der Waals surface area (Å²) in [5, 5.41) is 10.6. The molecule has 1 unspecified atom stereocenters. The van der Waals surface area contributed by atoms with E-state index in [1.165, 1.54) is 4.90 Å². The summed E-state index contributed by atoms with van der Waals surface area (Å²) in [4.78, 5) is 15.6. The number of carbonyl (C=O) groups excluding carboxylic acids is 1. The molecule has 0 radical (unpaired) electrons. The zero-order chi connectivity index (χ0) is 18.4. The summed E-state index contributed by atoms with van der Waals surface area (Å²) in [6.45, 7) is 10.7. The molecule has 1 fully saturated rings. The van der Waals surface area contributed by atoms with Crippen LogP contribution in [0.4, 0.5) is 4.79 Å². The Kier molecular flexibility index (Phi) is 7.96. The van der Waals surface area contributed by atoms with Crippen LogP contribution in [0.1, 0.15) is 47.0 Å². The Hall–Kier alpha value is -0.850. The maximum absolute atomic E-state index is 12.0. The van der Waals surface area contributed by atoms with Crippen molar-refractivity contribution in [1.29, 1.82) is 0 Å². The van der Waals surface area contributed by atoms with E-state index in [1.54, 1.807) is 14.0 Å². The van der Waals surface area contributed by atoms with Gasteiger partial charge in [0.1, 0.15) is 5.60 Å². The monoisotopic (exact) mass is 344 g/mol. The topological polar surface area (TPSA) is 62.2 Å². The van der Waals surface area contributed by atoms with Crippen molar-refractivity contribution in [3.8, 4) is 0 Å². The fraction of sp³-hybridized carbons (Fsp3) is 0.944. The van der Waals surface area contributed by atoms with Crippen LogP contribution >= 0.6 is 0 Å². The van der Waals surface area contributed by atoms with Crippen molar-refractivity contribution in [1.82, 2.24) is 9.80 Å². The van der Waals surface area contributed by atoms with E-state index in [0.29, 0.717) is 6.54 Å². The van der Waals surface area contributed by atoms with Crippen molar-refractivity contribution >= 4 is 6.09 Å². The summed E-state index contributed by atoms with van der Waals surface area (Å²) in [6, 6.07) is 0. The van der Waals surface area contributed by atoms with E-state index < -0.39 is 17.3 Å². The van der Waals surface area contributed by atoms with E-state index >= 15 is 0 Å². The SMILES string of the molecule is CN(CCC1CCOCC1)CC(C)(O)CN(C)C(=O)OC(C)(C)C. The zero-order valence-electron chi connectivity index (χ0n) is 16.3. The average Bonchev–Trinajstić information content (AvgIpc) is 2.43. The van der Waals surface area contributed by atoms with Crippen LogP contribution in [0.15, 0.2) is 0 Å². The third kappa shape index (κ3) is 8.85. The molecule has 0 bridgehead atoms. The van der Waals surface area contributed by atoms with Crippen LogP contribution in [-0.2, 0) is 9.47 Å². The minimum absolute atomic E-state index is 0.240. The fourth-order valence-electron chi connectivity index (χ4n) is 3.06. The number of ether oxygens (including phenoxy) is 2. The molecule has 0 spiro atoms. The largest absolute Gasteiger partial charge is 0.444 e. The Labute approximate surface area is 147 Å². The molecule has 6 nitrogen and oxygen atoms in total. The van der Waals surface area contributed by atoms with Crippen molar-refractivity contribution in [2.75, 3.05) is 46.9 Å². The van der Waals surface area contributed by atoms with Crippen LogP contribution < -0.4 is 0 Å². The van der Waals surface area contributed by atoms with Gasteiger partial charge < -0.3 is 24.4 Å². The minimum Gasteiger partial charge on any atom is -0.444 e. The normalized spacial score (nSPS) is 19.2. The lowest BCUT2D eigenvalue weighted by molar-refractivity contribution is -0.0173. The van der Waals surface area contributed by atoms with Gasteiger partial charge in [0, 0.05) is 26.8 Å². The van der Waals surface area contributed by atoms with Gasteiger partial charge in [0.2, 0.25) is 0 Å². The highest BCUT2D eigenvalue weighted by atomic mass is 16.6. The van der Waals surface area contributed by atoms with Gasteiger partial charge in [-0.1, -0.05) is 0 Å². The molecule has 0 saturated carbocycles. The minimum atomic E-state index is -0.976. The lowest BCUT2D eigenvalue weighted by Gasteiger charge is -2.34. The third-order valence-corrected chi connectivity index (χ3v) is 4.15. The van der Waals surface area contributed by atoms with E-state index in [1.807, 2.05) is 27.8 Å². The van der Waals surface area contributed by atoms with Crippen molar-refractivity contribution in [3.63, 3.8) is 0 Å². The molecule has 1 N–H and O–H groups in total. The average molecular weight is 344 g/mol. The Balaban J connectivity index is 2.36. The second kappa shape index (κ2) is 9.02. The third-order valence-electron chi connectivity index (χ3n) is 4.15. The summed E-state index contributed by atoms with van der Waals surface area (Å²) in [7, 11) is 3.67. The first-order valence-corrected chi connectivity index (χ1v) is 8.91. The van der Waals surface area contributed by atoms with Crippen molar-refractivity contribution in [2.45, 2.75) is 58.2 Å². The van der Waals surface area contributed by atoms with E-state index in [2.05, 4.69) is 4.90 Å². The predicted molar refractivity (Wildman–Crippen MR) is 95.1 cm³/mol. The summed E-state index contributed by atoms with van der Waals surface area (Å²) >= 11 is 0. The number of hydrogen-bond donors (Lipinski definition) is 1. The Morgan fingerprint density at radius 1 is 1.17 bits per heavy atom. The van der Waals surface area contributed by atoms with E-state index in [4.69, 9.17) is 9.47 Å². The first-order chi connectivity index (χ1) is 11.0. The summed E-state index contributed by atoms with van der Waals surface area (Å²) in [6.07, 6.45) is 2.97. The number of aliphatic hydroxyl groups is 1. The number of carbonyl (C=O) groups is 1. The number of rotatable bonds is 7. The van der Waals surface area contributed by atoms with Gasteiger partial charge in [0.25, 0.3) is 0 Å². The van der Waals surface area contributed by atoms with Gasteiger partial charge >= 0.3 is 6.09 Å². The number of likely N-dealkylation sites (N-methyl/N-ethyl adjacent to an activating group) is 2. The molecule has 142 valence electrons. The van der Waals surface area contributed by atoms with E-state index in [9.17, 15) is 9.90 Å². The molecule has 0 aliphatic carbocycles. The lowest BCUT2D eigenvalue weighted by atomic mass is 9.96. The summed E-state index contributed by atoms with van der Waals surface area (Å²) in [5.41, 5.74) is -1.51. The first-order valence-electron chi connectivity index (χ1n) is 8.91. The standard InChI is InChI=1S/C18H36N2O4/c1-17(2,3)24-16(21)20(6)14-18(4,22)13-19(5)10-7-15-8-11-23-12-9-15/h15,22H,7-14H2,1-6H3. The second-order valence-electron chi connectivity index (χ2n) is 8.42. The van der Waals surface area contributed by atoms with Crippen LogP contribution in [0.3, 0.4) is 0 Å². The van der Waals surface area contributed by atoms with Gasteiger partial charge in [0.05, 0.1) is 12.1 Å². The molecule has 1 saturated heterocycles. The molecule has 6 heteroatoms. The zero-order valence-corrected chi connectivity index (χ0v) is 16.3. The molecule has 1 amide bonds. The van der Waals surface area contributed by atoms with Crippen LogP contribution in [0, 0.1) is 5.92 Å². The van der Waals surface area contributed by atoms with Crippen LogP contribution in [0.25, 0.3) is 0 Å². The molecule has 24 heavy (non-hydrogen) atoms. The Morgan fingerprint density at radius 3 is 2.29 bits per heavy atom. The van der Waals surface area contributed by atoms with E-state index in [-0.39, 0.29) is 6.54 Å². The van der Waals surface area contributed by atoms with Gasteiger partial charge in [0.15, 0.2) is 0 Å². The van der Waals surface area contributed by atoms with Gasteiger partial charge in [-0.25, -0.2) is 4.79 Å². The maximum atomic E-state index is 12.0. The molecule has 0 aromatic rings. The number of amides is 1. The van der Waals surface area contributed by atoms with Crippen LogP contribution in [0.2, 0.25) is 0 Å². The quantitative estimate of drug-likeness (QED) is 0.768. The summed E-state index contributed by atoms with van der Waals surface area (Å²) < 4.78 is 10.7. The lowest BCUT2D eigenvalue weighted by Crippen LogP contribution is -2.49. The van der Waals surface area contributed by atoms with E-state index in [0.717, 1.165) is 44.9 Å². The maximum Gasteiger partial charge on any atom is 0.410 e. The molecular weight excluding hydrogens is 308 g/mol. The molecule has 0 aromatic heterocycles. The number of nitrogens with zero attached hydrogens (tertiary/aromatic N) is 2. The molecule has 1 aliphatic rings. The van der Waals surface area contributed by atoms with Gasteiger partial charge in [-0.3, -0.25) is 0 Å². The second-order valence-corrected chi connectivity index (χ2v) is 8.42. The van der Waals surface area contributed by atoms with Crippen molar-refractivity contribution in [2.24, 2.45) is 5.92 Å². The van der Waals surface area contributed by atoms with Crippen molar-refractivity contribution < 1.29 is 19.4 Å². The van der Waals surface area contributed by atoms with Crippen LogP contribution in [-0.4, -0.2) is 79.1 Å². The molecule has 0 aromatic carbocycles. The summed E-state index contributed by atoms with van der Waals surface area (Å²) in [5.74, 6) is 0.718. The fourth-order valence-corrected chi connectivity index (χ4v) is 3.06. The predicted octanol–water partition coefficient (Wildman–Crippen LogP) is 2.35. The van der Waals surface area contributed by atoms with Crippen molar-refractivity contribution in [3.05, 3.63) is 0 Å². The van der Waals surface area contributed by atoms with Gasteiger partial charge in [-0.2, -0.15) is 0 Å². The molecular formula is C18H36N2O4. The molecule has 1 atom stereocenters. The van der Waals surface area contributed by atoms with Gasteiger partial charge in [-0.15, -0.1) is 0 Å². The Morgan fingerprint density at radius 2 is 1.75 bits per heavy atom. The van der Waals surface area contributed by atoms with Crippen LogP contribution in [0.5, 0.6) is 0 Å². The van der Waals surface area contributed by atoms with Gasteiger partial charge in [-0.05, 0) is 66.5 Å². The number of hydrogen-bond acceptors (Lipinski definition) is 5. The highest BCUT2D eigenvalue weighted by Crippen LogP contribution is 2.19. The highest BCUT2D eigenvalue weighted by Gasteiger charge is 2.29. The molecule has 1 rings (SSSR count). The Bertz CT molecular complexity index is 387. The first kappa shape index (κ1) is 21.2. The molecule has 1 aliphatic heterocycles.